The van der Waals surface area contributed by atoms with E-state index in [2.05, 4.69) is 32.6 Å². The van der Waals surface area contributed by atoms with Crippen molar-refractivity contribution < 1.29 is 35.9 Å². The minimum absolute atomic E-state index is 0. The predicted molar refractivity (Wildman–Crippen MR) is 109 cm³/mol. The number of hydrogen-bond acceptors (Lipinski definition) is 5. The van der Waals surface area contributed by atoms with Crippen LogP contribution in [0.2, 0.25) is 0 Å². The minimum Gasteiger partial charge on any atom is -0.497 e. The quantitative estimate of drug-likeness (QED) is 0.337. The van der Waals surface area contributed by atoms with Crippen molar-refractivity contribution in [3.05, 3.63) is 79.7 Å². The number of aromatic nitrogens is 3. The largest absolute Gasteiger partial charge is 2.00 e. The number of methoxy groups -OCH3 is 1. The van der Waals surface area contributed by atoms with Crippen LogP contribution >= 0.6 is 0 Å². The number of anilines is 2. The van der Waals surface area contributed by atoms with E-state index in [0.717, 1.165) is 39.2 Å². The van der Waals surface area contributed by atoms with E-state index in [1.807, 2.05) is 61.5 Å². The summed E-state index contributed by atoms with van der Waals surface area (Å²) >= 11 is 0. The van der Waals surface area contributed by atoms with Crippen LogP contribution in [0.1, 0.15) is 5.56 Å². The Morgan fingerprint density at radius 3 is 2.46 bits per heavy atom. The van der Waals surface area contributed by atoms with E-state index in [1.165, 1.54) is 0 Å². The van der Waals surface area contributed by atoms with E-state index >= 15 is 0 Å². The second kappa shape index (κ2) is 9.68. The summed E-state index contributed by atoms with van der Waals surface area (Å²) in [7, 11) is 1.64. The molecule has 1 heterocycles. The third-order valence-corrected chi connectivity index (χ3v) is 4.12. The molecule has 5 nitrogen and oxygen atoms in total. The summed E-state index contributed by atoms with van der Waals surface area (Å²) < 4.78 is 5.17. The molecule has 1 N–H and O–H groups in total. The van der Waals surface area contributed by atoms with Gasteiger partial charge in [0.05, 0.1) is 12.6 Å². The number of benzene rings is 3. The van der Waals surface area contributed by atoms with Gasteiger partial charge in [0.15, 0.2) is 0 Å². The summed E-state index contributed by atoms with van der Waals surface area (Å²) in [6.07, 6.45) is 0. The maximum atomic E-state index is 5.17. The summed E-state index contributed by atoms with van der Waals surface area (Å²) in [6, 6.07) is 22.8. The van der Waals surface area contributed by atoms with Crippen molar-refractivity contribution >= 4 is 22.7 Å². The molecule has 4 aromatic rings. The van der Waals surface area contributed by atoms with Gasteiger partial charge < -0.3 is 17.5 Å². The molecule has 0 unspecified atom stereocenters. The molecule has 0 saturated carbocycles. The van der Waals surface area contributed by atoms with Crippen molar-refractivity contribution in [1.82, 2.24) is 15.2 Å². The van der Waals surface area contributed by atoms with E-state index in [-0.39, 0.29) is 38.5 Å². The van der Waals surface area contributed by atoms with Gasteiger partial charge in [-0.15, -0.1) is 46.1 Å². The summed E-state index contributed by atoms with van der Waals surface area (Å²) in [6.45, 7) is 2.03. The summed E-state index contributed by atoms with van der Waals surface area (Å²) in [4.78, 5) is 4.62. The fourth-order valence-electron chi connectivity index (χ4n) is 2.80. The maximum Gasteiger partial charge on any atom is 2.00 e. The molecule has 28 heavy (non-hydrogen) atoms. The number of aryl methyl sites for hydroxylation is 1. The number of nitrogens with zero attached hydrogens (tertiary/aromatic N) is 3. The van der Waals surface area contributed by atoms with Gasteiger partial charge in [-0.3, -0.25) is 0 Å². The smallest absolute Gasteiger partial charge is 0.497 e. The van der Waals surface area contributed by atoms with Gasteiger partial charge in [-0.05, 0) is 36.8 Å². The van der Waals surface area contributed by atoms with E-state index in [4.69, 9.17) is 4.74 Å². The molecule has 0 radical (unpaired) electrons. The van der Waals surface area contributed by atoms with Gasteiger partial charge in [-0.2, -0.15) is 0 Å². The molecular weight excluding hydrogens is 574 g/mol. The normalized spacial score (nSPS) is 9.93. The van der Waals surface area contributed by atoms with Gasteiger partial charge in [-0.1, -0.05) is 17.7 Å². The molecule has 0 saturated heterocycles. The first-order chi connectivity index (χ1) is 12.7. The van der Waals surface area contributed by atoms with Crippen LogP contribution in [-0.2, 0) is 0 Å². The van der Waals surface area contributed by atoms with Crippen LogP contribution < -0.4 is 10.1 Å². The number of nitrogens with one attached hydrogen (secondary N) is 1. The minimum atomic E-state index is 0. The first-order valence-electron chi connectivity index (χ1n) is 8.26. The Kier molecular flexibility index (Phi) is 7.56. The number of rotatable bonds is 4. The van der Waals surface area contributed by atoms with E-state index < -0.39 is 0 Å². The molecule has 0 aliphatic carbocycles. The zero-order valence-electron chi connectivity index (χ0n) is 16.0. The monoisotopic (exact) mass is 594 g/mol. The molecule has 0 aliphatic rings. The van der Waals surface area contributed by atoms with Crippen molar-refractivity contribution in [1.29, 1.82) is 0 Å². The van der Waals surface area contributed by atoms with Gasteiger partial charge in [0, 0.05) is 5.69 Å². The third-order valence-electron chi connectivity index (χ3n) is 4.12. The molecule has 0 atom stereocenters. The van der Waals surface area contributed by atoms with Crippen LogP contribution in [0.15, 0.2) is 60.7 Å². The summed E-state index contributed by atoms with van der Waals surface area (Å²) in [5, 5.41) is 11.7. The number of ether oxygens (including phenoxy) is 1. The fraction of sp³-hybridized carbons (Fsp3) is 0.0909. The Morgan fingerprint density at radius 1 is 1.00 bits per heavy atom. The van der Waals surface area contributed by atoms with Crippen molar-refractivity contribution in [2.24, 2.45) is 0 Å². The standard InChI is InChI=1S/C21H17N4O.CH3.U/c1-14-12-16(15-6-4-3-5-7-15)13-19-20(14)23-21(25-24-19)22-17-8-10-18(26-2)11-9-17;;/h3-6,8-13H,1-2H3,(H,22,23,25);1H3;/q2*-1;+2. The van der Waals surface area contributed by atoms with Crippen LogP contribution in [0.5, 0.6) is 5.75 Å². The van der Waals surface area contributed by atoms with Gasteiger partial charge in [0.25, 0.3) is 0 Å². The van der Waals surface area contributed by atoms with Gasteiger partial charge >= 0.3 is 31.1 Å². The van der Waals surface area contributed by atoms with E-state index in [1.54, 1.807) is 7.11 Å². The molecule has 0 bridgehead atoms. The Morgan fingerprint density at radius 2 is 1.79 bits per heavy atom. The predicted octanol–water partition coefficient (Wildman–Crippen LogP) is 5.00. The topological polar surface area (TPSA) is 59.9 Å². The average molecular weight is 594 g/mol. The number of hydrogen-bond donors (Lipinski definition) is 1. The van der Waals surface area contributed by atoms with Crippen LogP contribution in [0.25, 0.3) is 22.2 Å². The van der Waals surface area contributed by atoms with Crippen molar-refractivity contribution in [2.45, 2.75) is 6.92 Å². The third kappa shape index (κ3) is 4.70. The molecule has 1 aromatic heterocycles. The fourth-order valence-corrected chi connectivity index (χ4v) is 2.80. The van der Waals surface area contributed by atoms with Crippen LogP contribution in [0, 0.1) is 51.5 Å². The first-order valence-corrected chi connectivity index (χ1v) is 8.26. The summed E-state index contributed by atoms with van der Waals surface area (Å²) in [5.41, 5.74) is 5.60. The van der Waals surface area contributed by atoms with E-state index in [0.29, 0.717) is 5.95 Å². The van der Waals surface area contributed by atoms with E-state index in [9.17, 15) is 0 Å². The van der Waals surface area contributed by atoms with Crippen molar-refractivity contribution in [2.75, 3.05) is 12.4 Å². The first kappa shape index (κ1) is 21.9. The zero-order chi connectivity index (χ0) is 17.9. The second-order valence-electron chi connectivity index (χ2n) is 5.93. The molecule has 4 rings (SSSR count). The van der Waals surface area contributed by atoms with Crippen LogP contribution in [-0.4, -0.2) is 22.3 Å². The Labute approximate surface area is 188 Å². The molecule has 0 amide bonds. The molecular formula is C22H20N4OU. The van der Waals surface area contributed by atoms with Crippen LogP contribution in [0.3, 0.4) is 0 Å². The zero-order valence-corrected chi connectivity index (χ0v) is 20.2. The van der Waals surface area contributed by atoms with Crippen molar-refractivity contribution in [3.8, 4) is 16.9 Å². The molecule has 0 fully saturated rings. The Balaban J connectivity index is 0.00000140. The maximum absolute atomic E-state index is 5.17. The van der Waals surface area contributed by atoms with Gasteiger partial charge in [-0.25, -0.2) is 4.98 Å². The van der Waals surface area contributed by atoms with Crippen LogP contribution in [0.4, 0.5) is 11.6 Å². The van der Waals surface area contributed by atoms with Crippen molar-refractivity contribution in [3.63, 3.8) is 0 Å². The second-order valence-corrected chi connectivity index (χ2v) is 5.93. The average Bonchev–Trinajstić information content (AvgIpc) is 2.69. The van der Waals surface area contributed by atoms with Gasteiger partial charge in [0.1, 0.15) is 11.3 Å². The number of fused-ring (bicyclic) bond motifs is 1. The molecule has 0 aliphatic heterocycles. The molecule has 0 spiro atoms. The Hall–Kier alpha value is -2.42. The molecule has 138 valence electrons. The SMILES string of the molecule is COc1ccc(Nc2nnc3cc(-c4[c-]cccc4)cc(C)c3n2)cc1.[CH3-].[U+2]. The Bertz CT molecular complexity index is 1050. The van der Waals surface area contributed by atoms with Gasteiger partial charge in [0.2, 0.25) is 5.95 Å². The molecule has 3 aromatic carbocycles. The summed E-state index contributed by atoms with van der Waals surface area (Å²) in [5.74, 6) is 1.26. The molecule has 6 heteroatoms.